The number of hydrogen-bond acceptors (Lipinski definition) is 6. The predicted molar refractivity (Wildman–Crippen MR) is 145 cm³/mol. The first-order valence-corrected chi connectivity index (χ1v) is 13.3. The molecule has 0 saturated heterocycles. The van der Waals surface area contributed by atoms with Crippen molar-refractivity contribution in [3.63, 3.8) is 0 Å². The van der Waals surface area contributed by atoms with Gasteiger partial charge in [0.2, 0.25) is 0 Å². The minimum atomic E-state index is -0.557. The van der Waals surface area contributed by atoms with Crippen molar-refractivity contribution >= 4 is 34.7 Å². The number of benzene rings is 1. The Bertz CT molecular complexity index is 1700. The number of hydrogen-bond donors (Lipinski definition) is 0. The van der Waals surface area contributed by atoms with Gasteiger partial charge in [-0.05, 0) is 87.0 Å². The molecular weight excluding hydrogens is 490 g/mol. The fraction of sp³-hybridized carbons (Fsp3) is 0.250. The predicted octanol–water partition coefficient (Wildman–Crippen LogP) is 4.49. The van der Waals surface area contributed by atoms with Crippen molar-refractivity contribution in [2.75, 3.05) is 7.11 Å². The molecule has 8 heteroatoms. The molecule has 1 unspecified atom stereocenters. The highest BCUT2D eigenvalue weighted by Gasteiger charge is 2.33. The molecule has 1 aromatic carbocycles. The summed E-state index contributed by atoms with van der Waals surface area (Å²) in [5.41, 5.74) is 7.46. The molecule has 6 nitrogen and oxygen atoms in total. The first kappa shape index (κ1) is 24.2. The highest BCUT2D eigenvalue weighted by molar-refractivity contribution is 7.10. The van der Waals surface area contributed by atoms with Crippen LogP contribution in [-0.4, -0.2) is 22.2 Å². The van der Waals surface area contributed by atoms with E-state index < -0.39 is 12.0 Å². The zero-order chi connectivity index (χ0) is 25.7. The van der Waals surface area contributed by atoms with Crippen LogP contribution in [0.2, 0.25) is 0 Å². The molecule has 184 valence electrons. The zero-order valence-corrected chi connectivity index (χ0v) is 22.7. The summed E-state index contributed by atoms with van der Waals surface area (Å²) < 4.78 is 9.49. The number of methoxy groups -OCH3 is 1. The Hall–Kier alpha value is -3.49. The monoisotopic (exact) mass is 517 g/mol. The van der Waals surface area contributed by atoms with Gasteiger partial charge in [0.1, 0.15) is 6.04 Å². The Labute approximate surface area is 217 Å². The van der Waals surface area contributed by atoms with E-state index in [9.17, 15) is 9.59 Å². The maximum Gasteiger partial charge on any atom is 0.338 e. The average Bonchev–Trinajstić information content (AvgIpc) is 3.51. The lowest BCUT2D eigenvalue weighted by Crippen LogP contribution is -2.39. The molecule has 0 aliphatic carbocycles. The number of aryl methyl sites for hydroxylation is 3. The molecule has 1 aliphatic heterocycles. The van der Waals surface area contributed by atoms with E-state index in [1.54, 1.807) is 11.5 Å². The van der Waals surface area contributed by atoms with Gasteiger partial charge in [-0.15, -0.1) is 11.3 Å². The van der Waals surface area contributed by atoms with E-state index in [0.717, 1.165) is 27.5 Å². The normalized spacial score (nSPS) is 15.7. The molecule has 4 heterocycles. The molecule has 0 N–H and O–H groups in total. The van der Waals surface area contributed by atoms with Crippen LogP contribution >= 0.6 is 22.7 Å². The smallest absolute Gasteiger partial charge is 0.338 e. The number of aromatic nitrogens is 2. The van der Waals surface area contributed by atoms with Crippen LogP contribution in [0.15, 0.2) is 62.8 Å². The molecule has 0 saturated carbocycles. The van der Waals surface area contributed by atoms with Gasteiger partial charge in [0.15, 0.2) is 4.80 Å². The molecule has 5 rings (SSSR count). The van der Waals surface area contributed by atoms with Gasteiger partial charge < -0.3 is 9.30 Å². The van der Waals surface area contributed by atoms with Gasteiger partial charge in [-0.1, -0.05) is 23.5 Å². The van der Waals surface area contributed by atoms with Gasteiger partial charge in [-0.25, -0.2) is 9.79 Å². The Kier molecular flexibility index (Phi) is 6.18. The summed E-state index contributed by atoms with van der Waals surface area (Å²) in [4.78, 5) is 32.6. The number of thiazole rings is 1. The van der Waals surface area contributed by atoms with Gasteiger partial charge in [-0.2, -0.15) is 0 Å². The van der Waals surface area contributed by atoms with E-state index >= 15 is 0 Å². The SMILES string of the molecule is COC(=O)C1=C(C)N=c2sc(=Cc3cc(C)n(-c4cc(C)cc(C)c4)c3C)c(=O)n2C1c1cccs1. The Morgan fingerprint density at radius 3 is 2.44 bits per heavy atom. The summed E-state index contributed by atoms with van der Waals surface area (Å²) in [7, 11) is 1.35. The van der Waals surface area contributed by atoms with Crippen LogP contribution < -0.4 is 14.9 Å². The summed E-state index contributed by atoms with van der Waals surface area (Å²) in [6, 6.07) is 11.9. The van der Waals surface area contributed by atoms with E-state index in [-0.39, 0.29) is 5.56 Å². The van der Waals surface area contributed by atoms with Gasteiger partial charge in [0.25, 0.3) is 5.56 Å². The third kappa shape index (κ3) is 4.00. The Morgan fingerprint density at radius 1 is 1.08 bits per heavy atom. The van der Waals surface area contributed by atoms with Crippen molar-refractivity contribution in [2.45, 2.75) is 40.7 Å². The number of carbonyl (C=O) groups is 1. The lowest BCUT2D eigenvalue weighted by molar-refractivity contribution is -0.136. The molecule has 0 radical (unpaired) electrons. The molecular formula is C28H27N3O3S2. The second kappa shape index (κ2) is 9.19. The van der Waals surface area contributed by atoms with Crippen molar-refractivity contribution in [2.24, 2.45) is 4.99 Å². The van der Waals surface area contributed by atoms with Gasteiger partial charge in [0, 0.05) is 22.0 Å². The molecule has 0 fully saturated rings. The Balaban J connectivity index is 1.69. The number of esters is 1. The summed E-state index contributed by atoms with van der Waals surface area (Å²) >= 11 is 2.85. The number of thiophene rings is 1. The van der Waals surface area contributed by atoms with Crippen LogP contribution in [0, 0.1) is 27.7 Å². The number of ether oxygens (including phenoxy) is 1. The molecule has 1 atom stereocenters. The van der Waals surface area contributed by atoms with E-state index in [0.29, 0.717) is 20.6 Å². The number of nitrogens with zero attached hydrogens (tertiary/aromatic N) is 3. The van der Waals surface area contributed by atoms with Crippen LogP contribution in [0.25, 0.3) is 11.8 Å². The molecule has 0 spiro atoms. The number of carbonyl (C=O) groups excluding carboxylic acids is 1. The summed E-state index contributed by atoms with van der Waals surface area (Å²) in [5.74, 6) is -0.471. The maximum absolute atomic E-state index is 13.8. The van der Waals surface area contributed by atoms with Crippen molar-refractivity contribution < 1.29 is 9.53 Å². The maximum atomic E-state index is 13.8. The van der Waals surface area contributed by atoms with Crippen molar-refractivity contribution in [1.29, 1.82) is 0 Å². The zero-order valence-electron chi connectivity index (χ0n) is 21.1. The third-order valence-corrected chi connectivity index (χ3v) is 8.37. The average molecular weight is 518 g/mol. The summed E-state index contributed by atoms with van der Waals surface area (Å²) in [5, 5.41) is 1.94. The second-order valence-corrected chi connectivity index (χ2v) is 11.1. The van der Waals surface area contributed by atoms with E-state index in [4.69, 9.17) is 4.74 Å². The molecule has 0 amide bonds. The molecule has 3 aromatic heterocycles. The topological polar surface area (TPSA) is 65.6 Å². The fourth-order valence-electron chi connectivity index (χ4n) is 4.96. The van der Waals surface area contributed by atoms with Crippen LogP contribution in [0.5, 0.6) is 0 Å². The minimum absolute atomic E-state index is 0.165. The largest absolute Gasteiger partial charge is 0.466 e. The third-order valence-electron chi connectivity index (χ3n) is 6.46. The van der Waals surface area contributed by atoms with E-state index in [1.165, 1.54) is 40.9 Å². The first-order valence-electron chi connectivity index (χ1n) is 11.6. The van der Waals surface area contributed by atoms with Crippen LogP contribution in [0.3, 0.4) is 0 Å². The van der Waals surface area contributed by atoms with Gasteiger partial charge in [-0.3, -0.25) is 9.36 Å². The molecule has 4 aromatic rings. The summed E-state index contributed by atoms with van der Waals surface area (Å²) in [6.45, 7) is 10.1. The van der Waals surface area contributed by atoms with Crippen LogP contribution in [0.4, 0.5) is 0 Å². The highest BCUT2D eigenvalue weighted by atomic mass is 32.1. The van der Waals surface area contributed by atoms with Crippen LogP contribution in [0.1, 0.15) is 45.9 Å². The standard InChI is InChI=1S/C28H27N3O3S2/c1-15-10-16(2)12-21(11-15)30-17(3)13-20(19(30)5)14-23-26(32)31-25(22-8-7-9-35-22)24(27(33)34-6)18(4)29-28(31)36-23/h7-14,25H,1-6H3. The van der Waals surface area contributed by atoms with E-state index in [2.05, 4.69) is 61.5 Å². The van der Waals surface area contributed by atoms with Crippen molar-refractivity contribution in [1.82, 2.24) is 9.13 Å². The highest BCUT2D eigenvalue weighted by Crippen LogP contribution is 2.33. The minimum Gasteiger partial charge on any atom is -0.466 e. The lowest BCUT2D eigenvalue weighted by Gasteiger charge is -2.22. The van der Waals surface area contributed by atoms with Crippen LogP contribution in [-0.2, 0) is 9.53 Å². The number of rotatable bonds is 4. The summed E-state index contributed by atoms with van der Waals surface area (Å²) in [6.07, 6.45) is 1.94. The van der Waals surface area contributed by atoms with Gasteiger partial charge >= 0.3 is 5.97 Å². The second-order valence-electron chi connectivity index (χ2n) is 9.10. The number of fused-ring (bicyclic) bond motifs is 1. The van der Waals surface area contributed by atoms with Crippen molar-refractivity contribution in [3.8, 4) is 5.69 Å². The number of allylic oxidation sites excluding steroid dienone is 1. The molecule has 0 bridgehead atoms. The first-order chi connectivity index (χ1) is 17.2. The van der Waals surface area contributed by atoms with Crippen molar-refractivity contribution in [3.05, 3.63) is 106 Å². The Morgan fingerprint density at radius 2 is 1.81 bits per heavy atom. The van der Waals surface area contributed by atoms with E-state index in [1.807, 2.05) is 23.6 Å². The molecule has 36 heavy (non-hydrogen) atoms. The lowest BCUT2D eigenvalue weighted by atomic mass is 10.0. The van der Waals surface area contributed by atoms with Gasteiger partial charge in [0.05, 0.1) is 22.9 Å². The fourth-order valence-corrected chi connectivity index (χ4v) is 6.82. The molecule has 1 aliphatic rings. The quantitative estimate of drug-likeness (QED) is 0.375.